The third-order valence-corrected chi connectivity index (χ3v) is 3.55. The van der Waals surface area contributed by atoms with E-state index in [2.05, 4.69) is 29.4 Å². The lowest BCUT2D eigenvalue weighted by Crippen LogP contribution is -2.36. The van der Waals surface area contributed by atoms with E-state index in [1.807, 2.05) is 0 Å². The molecular formula is C13H29N3. The van der Waals surface area contributed by atoms with Crippen LogP contribution in [0.3, 0.4) is 0 Å². The Labute approximate surface area is 101 Å². The van der Waals surface area contributed by atoms with Crippen LogP contribution in [0.15, 0.2) is 0 Å². The van der Waals surface area contributed by atoms with E-state index in [0.29, 0.717) is 0 Å². The van der Waals surface area contributed by atoms with Gasteiger partial charge in [0.05, 0.1) is 0 Å². The highest BCUT2D eigenvalue weighted by Gasteiger charge is 2.11. The second-order valence-electron chi connectivity index (χ2n) is 4.80. The van der Waals surface area contributed by atoms with Gasteiger partial charge in [-0.15, -0.1) is 0 Å². The highest BCUT2D eigenvalue weighted by atomic mass is 15.1. The van der Waals surface area contributed by atoms with E-state index < -0.39 is 0 Å². The van der Waals surface area contributed by atoms with Crippen LogP contribution in [0.4, 0.5) is 0 Å². The molecular weight excluding hydrogens is 198 g/mol. The normalized spacial score (nSPS) is 21.6. The van der Waals surface area contributed by atoms with Crippen LogP contribution in [0.5, 0.6) is 0 Å². The fourth-order valence-corrected chi connectivity index (χ4v) is 2.37. The summed E-state index contributed by atoms with van der Waals surface area (Å²) < 4.78 is 0. The molecule has 0 aromatic carbocycles. The molecule has 3 heteroatoms. The monoisotopic (exact) mass is 227 g/mol. The van der Waals surface area contributed by atoms with Gasteiger partial charge in [-0.3, -0.25) is 0 Å². The first-order valence-electron chi connectivity index (χ1n) is 7.00. The van der Waals surface area contributed by atoms with E-state index in [9.17, 15) is 0 Å². The van der Waals surface area contributed by atoms with E-state index in [1.54, 1.807) is 0 Å². The predicted molar refractivity (Wildman–Crippen MR) is 70.9 cm³/mol. The van der Waals surface area contributed by atoms with Crippen LogP contribution >= 0.6 is 0 Å². The standard InChI is InChI=1S/C13H29N3/c1-3-16(4-2)10-6-9-15-12-13-7-5-8-14-11-13/h13-15H,3-12H2,1-2H3. The van der Waals surface area contributed by atoms with Gasteiger partial charge in [-0.05, 0) is 71.0 Å². The average Bonchev–Trinajstić information content (AvgIpc) is 2.35. The average molecular weight is 227 g/mol. The lowest BCUT2D eigenvalue weighted by molar-refractivity contribution is 0.294. The minimum Gasteiger partial charge on any atom is -0.316 e. The fourth-order valence-electron chi connectivity index (χ4n) is 2.37. The Morgan fingerprint density at radius 2 is 2.12 bits per heavy atom. The molecule has 96 valence electrons. The molecule has 0 spiro atoms. The maximum Gasteiger partial charge on any atom is -0.000687 e. The number of piperidine rings is 1. The van der Waals surface area contributed by atoms with Gasteiger partial charge in [-0.25, -0.2) is 0 Å². The molecule has 0 bridgehead atoms. The molecule has 2 N–H and O–H groups in total. The number of nitrogens with one attached hydrogen (secondary N) is 2. The van der Waals surface area contributed by atoms with E-state index in [-0.39, 0.29) is 0 Å². The molecule has 0 aromatic rings. The van der Waals surface area contributed by atoms with Gasteiger partial charge in [0.1, 0.15) is 0 Å². The van der Waals surface area contributed by atoms with Gasteiger partial charge in [0.2, 0.25) is 0 Å². The Hall–Kier alpha value is -0.120. The van der Waals surface area contributed by atoms with Crippen molar-refractivity contribution in [2.75, 3.05) is 45.8 Å². The van der Waals surface area contributed by atoms with Crippen molar-refractivity contribution in [3.8, 4) is 0 Å². The summed E-state index contributed by atoms with van der Waals surface area (Å²) in [7, 11) is 0. The molecule has 0 aromatic heterocycles. The van der Waals surface area contributed by atoms with Crippen LogP contribution in [0.1, 0.15) is 33.1 Å². The lowest BCUT2D eigenvalue weighted by Gasteiger charge is -2.23. The van der Waals surface area contributed by atoms with Crippen molar-refractivity contribution in [3.63, 3.8) is 0 Å². The van der Waals surface area contributed by atoms with Crippen LogP contribution in [-0.2, 0) is 0 Å². The third kappa shape index (κ3) is 5.83. The second-order valence-corrected chi connectivity index (χ2v) is 4.80. The third-order valence-electron chi connectivity index (χ3n) is 3.55. The highest BCUT2D eigenvalue weighted by Crippen LogP contribution is 2.07. The minimum absolute atomic E-state index is 0.863. The maximum absolute atomic E-state index is 3.59. The van der Waals surface area contributed by atoms with E-state index in [0.717, 1.165) is 5.92 Å². The summed E-state index contributed by atoms with van der Waals surface area (Å²) >= 11 is 0. The minimum atomic E-state index is 0.863. The zero-order chi connectivity index (χ0) is 11.6. The molecule has 1 aliphatic heterocycles. The molecule has 1 saturated heterocycles. The van der Waals surface area contributed by atoms with Gasteiger partial charge in [0, 0.05) is 0 Å². The van der Waals surface area contributed by atoms with E-state index in [4.69, 9.17) is 0 Å². The van der Waals surface area contributed by atoms with Gasteiger partial charge < -0.3 is 15.5 Å². The Bertz CT molecular complexity index is 151. The van der Waals surface area contributed by atoms with Gasteiger partial charge in [0.15, 0.2) is 0 Å². The lowest BCUT2D eigenvalue weighted by atomic mass is 10.00. The van der Waals surface area contributed by atoms with Crippen molar-refractivity contribution in [2.24, 2.45) is 5.92 Å². The van der Waals surface area contributed by atoms with Crippen molar-refractivity contribution in [3.05, 3.63) is 0 Å². The summed E-state index contributed by atoms with van der Waals surface area (Å²) in [6.45, 7) is 12.9. The van der Waals surface area contributed by atoms with Crippen LogP contribution in [0.2, 0.25) is 0 Å². The highest BCUT2D eigenvalue weighted by molar-refractivity contribution is 4.70. The van der Waals surface area contributed by atoms with Gasteiger partial charge in [-0.2, -0.15) is 0 Å². The first kappa shape index (κ1) is 13.9. The first-order chi connectivity index (χ1) is 7.86. The van der Waals surface area contributed by atoms with Crippen LogP contribution in [0, 0.1) is 5.92 Å². The van der Waals surface area contributed by atoms with Crippen LogP contribution in [-0.4, -0.2) is 50.7 Å². The zero-order valence-electron chi connectivity index (χ0n) is 11.1. The SMILES string of the molecule is CCN(CC)CCCNCC1CCCNC1. The molecule has 0 aliphatic carbocycles. The summed E-state index contributed by atoms with van der Waals surface area (Å²) in [6, 6.07) is 0. The van der Waals surface area contributed by atoms with Crippen LogP contribution < -0.4 is 10.6 Å². The molecule has 1 rings (SSSR count). The summed E-state index contributed by atoms with van der Waals surface area (Å²) in [6.07, 6.45) is 4.03. The number of hydrogen-bond acceptors (Lipinski definition) is 3. The maximum atomic E-state index is 3.59. The number of hydrogen-bond donors (Lipinski definition) is 2. The van der Waals surface area contributed by atoms with Crippen molar-refractivity contribution in [2.45, 2.75) is 33.1 Å². The molecule has 0 saturated carbocycles. The van der Waals surface area contributed by atoms with Crippen molar-refractivity contribution >= 4 is 0 Å². The van der Waals surface area contributed by atoms with Crippen molar-refractivity contribution < 1.29 is 0 Å². The number of rotatable bonds is 8. The number of nitrogens with zero attached hydrogens (tertiary/aromatic N) is 1. The first-order valence-corrected chi connectivity index (χ1v) is 7.00. The van der Waals surface area contributed by atoms with Crippen molar-refractivity contribution in [1.29, 1.82) is 0 Å². The molecule has 1 unspecified atom stereocenters. The molecule has 0 amide bonds. The summed E-state index contributed by atoms with van der Waals surface area (Å²) in [5, 5.41) is 7.06. The predicted octanol–water partition coefficient (Wildman–Crippen LogP) is 1.31. The topological polar surface area (TPSA) is 27.3 Å². The zero-order valence-corrected chi connectivity index (χ0v) is 11.1. The fraction of sp³-hybridized carbons (Fsp3) is 1.00. The molecule has 1 fully saturated rings. The van der Waals surface area contributed by atoms with E-state index in [1.165, 1.54) is 65.1 Å². The molecule has 1 aliphatic rings. The molecule has 1 heterocycles. The largest absolute Gasteiger partial charge is 0.316 e. The smallest absolute Gasteiger partial charge is 0.000687 e. The van der Waals surface area contributed by atoms with Gasteiger partial charge in [-0.1, -0.05) is 13.8 Å². The Morgan fingerprint density at radius 1 is 1.31 bits per heavy atom. The van der Waals surface area contributed by atoms with Crippen molar-refractivity contribution in [1.82, 2.24) is 15.5 Å². The van der Waals surface area contributed by atoms with E-state index >= 15 is 0 Å². The summed E-state index contributed by atoms with van der Waals surface area (Å²) in [4.78, 5) is 2.49. The summed E-state index contributed by atoms with van der Waals surface area (Å²) in [5.74, 6) is 0.863. The van der Waals surface area contributed by atoms with Crippen LogP contribution in [0.25, 0.3) is 0 Å². The Morgan fingerprint density at radius 3 is 2.75 bits per heavy atom. The molecule has 1 atom stereocenters. The Balaban J connectivity index is 1.90. The Kier molecular flexibility index (Phi) is 7.81. The van der Waals surface area contributed by atoms with Gasteiger partial charge in [0.25, 0.3) is 0 Å². The summed E-state index contributed by atoms with van der Waals surface area (Å²) in [5.41, 5.74) is 0. The molecule has 16 heavy (non-hydrogen) atoms. The van der Waals surface area contributed by atoms with Gasteiger partial charge >= 0.3 is 0 Å². The second kappa shape index (κ2) is 8.97. The molecule has 3 nitrogen and oxygen atoms in total. The quantitative estimate of drug-likeness (QED) is 0.612. The molecule has 0 radical (unpaired) electrons.